The molecule has 0 fully saturated rings. The van der Waals surface area contributed by atoms with E-state index in [1.54, 1.807) is 0 Å². The summed E-state index contributed by atoms with van der Waals surface area (Å²) < 4.78 is 0. The molecular weight excluding hydrogens is 209 g/mol. The molecule has 0 saturated heterocycles. The molecule has 0 aliphatic heterocycles. The van der Waals surface area contributed by atoms with Crippen LogP contribution >= 0.6 is 11.3 Å². The zero-order valence-corrected chi connectivity index (χ0v) is 8.74. The number of nitrogen functional groups attached to an aromatic ring is 1. The molecule has 3 nitrogen and oxygen atoms in total. The van der Waals surface area contributed by atoms with Gasteiger partial charge in [0.2, 0.25) is 0 Å². The molecule has 5 heteroatoms. The fourth-order valence-electron chi connectivity index (χ4n) is 1.49. The maximum atomic E-state index is 9.22. The van der Waals surface area contributed by atoms with Crippen LogP contribution in [0.1, 0.15) is 0 Å². The molecule has 0 atom stereocenters. The Labute approximate surface area is 91.9 Å². The summed E-state index contributed by atoms with van der Waals surface area (Å²) in [4.78, 5) is 0. The number of anilines is 1. The highest BCUT2D eigenvalue weighted by atomic mass is 32.1. The van der Waals surface area contributed by atoms with Crippen molar-refractivity contribution in [3.63, 3.8) is 0 Å². The molecule has 0 radical (unpaired) electrons. The van der Waals surface area contributed by atoms with Crippen molar-refractivity contribution in [1.82, 2.24) is 0 Å². The normalized spacial score (nSPS) is 10.3. The fraction of sp³-hybridized carbons (Fsp3) is 0. The second-order valence-electron chi connectivity index (χ2n) is 3.17. The summed E-state index contributed by atoms with van der Waals surface area (Å²) in [6.07, 6.45) is 0. The van der Waals surface area contributed by atoms with E-state index in [4.69, 9.17) is 5.73 Å². The number of thiophene rings is 1. The van der Waals surface area contributed by atoms with Crippen molar-refractivity contribution in [1.29, 1.82) is 0 Å². The highest BCUT2D eigenvalue weighted by Gasteiger charge is 2.21. The molecule has 0 bridgehead atoms. The van der Waals surface area contributed by atoms with Gasteiger partial charge in [0.05, 0.1) is 5.00 Å². The first-order valence-electron chi connectivity index (χ1n) is 4.48. The summed E-state index contributed by atoms with van der Waals surface area (Å²) in [5.74, 6) is 0. The van der Waals surface area contributed by atoms with Gasteiger partial charge in [-0.05, 0) is 11.1 Å². The van der Waals surface area contributed by atoms with E-state index in [0.717, 1.165) is 11.1 Å². The smallest absolute Gasteiger partial charge is 0.423 e. The third-order valence-corrected chi connectivity index (χ3v) is 3.03. The molecule has 76 valence electrons. The SMILES string of the molecule is Nc1scc(-c2ccccc2)c1B(O)O. The fourth-order valence-corrected chi connectivity index (χ4v) is 2.34. The summed E-state index contributed by atoms with van der Waals surface area (Å²) in [5.41, 5.74) is 7.80. The van der Waals surface area contributed by atoms with Crippen molar-refractivity contribution in [3.8, 4) is 11.1 Å². The van der Waals surface area contributed by atoms with Gasteiger partial charge in [0.25, 0.3) is 0 Å². The first-order valence-corrected chi connectivity index (χ1v) is 5.36. The topological polar surface area (TPSA) is 66.5 Å². The summed E-state index contributed by atoms with van der Waals surface area (Å²) in [6.45, 7) is 0. The van der Waals surface area contributed by atoms with Crippen LogP contribution in [0.5, 0.6) is 0 Å². The Hall–Kier alpha value is -1.30. The maximum absolute atomic E-state index is 9.22. The Balaban J connectivity index is 2.54. The van der Waals surface area contributed by atoms with Crippen LogP contribution in [-0.2, 0) is 0 Å². The highest BCUT2D eigenvalue weighted by Crippen LogP contribution is 2.24. The minimum Gasteiger partial charge on any atom is -0.423 e. The highest BCUT2D eigenvalue weighted by molar-refractivity contribution is 7.16. The molecule has 0 aliphatic carbocycles. The number of rotatable bonds is 2. The Bertz CT molecular complexity index is 456. The van der Waals surface area contributed by atoms with E-state index in [1.165, 1.54) is 11.3 Å². The quantitative estimate of drug-likeness (QED) is 0.650. The standard InChI is InChI=1S/C10H10BNO2S/c12-10-9(11(13)14)8(6-15-10)7-4-2-1-3-5-7/h1-6,13-14H,12H2. The van der Waals surface area contributed by atoms with E-state index in [1.807, 2.05) is 35.7 Å². The second-order valence-corrected chi connectivity index (χ2v) is 4.08. The van der Waals surface area contributed by atoms with Crippen molar-refractivity contribution < 1.29 is 10.0 Å². The van der Waals surface area contributed by atoms with Gasteiger partial charge < -0.3 is 15.8 Å². The largest absolute Gasteiger partial charge is 0.492 e. The van der Waals surface area contributed by atoms with E-state index in [0.29, 0.717) is 10.5 Å². The summed E-state index contributed by atoms with van der Waals surface area (Å²) in [6, 6.07) is 9.53. The molecule has 2 rings (SSSR count). The molecule has 0 unspecified atom stereocenters. The third kappa shape index (κ3) is 1.90. The number of benzene rings is 1. The van der Waals surface area contributed by atoms with Gasteiger partial charge in [-0.2, -0.15) is 0 Å². The van der Waals surface area contributed by atoms with Crippen LogP contribution in [0.25, 0.3) is 11.1 Å². The van der Waals surface area contributed by atoms with E-state index < -0.39 is 7.12 Å². The van der Waals surface area contributed by atoms with Gasteiger partial charge in [-0.1, -0.05) is 30.3 Å². The van der Waals surface area contributed by atoms with Gasteiger partial charge in [-0.15, -0.1) is 11.3 Å². The van der Waals surface area contributed by atoms with Crippen LogP contribution < -0.4 is 11.2 Å². The predicted octanol–water partition coefficient (Wildman–Crippen LogP) is 0.677. The van der Waals surface area contributed by atoms with E-state index >= 15 is 0 Å². The first kappa shape index (κ1) is 10.2. The van der Waals surface area contributed by atoms with Crippen molar-refractivity contribution in [2.24, 2.45) is 0 Å². The van der Waals surface area contributed by atoms with E-state index in [9.17, 15) is 10.0 Å². The van der Waals surface area contributed by atoms with Crippen LogP contribution in [0.4, 0.5) is 5.00 Å². The second kappa shape index (κ2) is 4.06. The average Bonchev–Trinajstić information content (AvgIpc) is 2.61. The van der Waals surface area contributed by atoms with Crippen molar-refractivity contribution in [2.75, 3.05) is 5.73 Å². The molecular formula is C10H10BNO2S. The molecule has 2 aromatic rings. The third-order valence-electron chi connectivity index (χ3n) is 2.20. The van der Waals surface area contributed by atoms with Gasteiger partial charge in [-0.3, -0.25) is 0 Å². The van der Waals surface area contributed by atoms with Crippen molar-refractivity contribution in [2.45, 2.75) is 0 Å². The molecule has 1 aromatic heterocycles. The molecule has 0 amide bonds. The van der Waals surface area contributed by atoms with Crippen LogP contribution in [0.2, 0.25) is 0 Å². The minimum atomic E-state index is -1.52. The molecule has 1 heterocycles. The van der Waals surface area contributed by atoms with Crippen LogP contribution in [0.3, 0.4) is 0 Å². The van der Waals surface area contributed by atoms with Crippen molar-refractivity contribution in [3.05, 3.63) is 35.7 Å². The lowest BCUT2D eigenvalue weighted by molar-refractivity contribution is 0.426. The Morgan fingerprint density at radius 2 is 1.80 bits per heavy atom. The van der Waals surface area contributed by atoms with Gasteiger partial charge in [-0.25, -0.2) is 0 Å². The van der Waals surface area contributed by atoms with Gasteiger partial charge in [0, 0.05) is 10.8 Å². The van der Waals surface area contributed by atoms with Gasteiger partial charge in [0.1, 0.15) is 0 Å². The average molecular weight is 219 g/mol. The van der Waals surface area contributed by atoms with E-state index in [2.05, 4.69) is 0 Å². The van der Waals surface area contributed by atoms with Crippen LogP contribution in [0.15, 0.2) is 35.7 Å². The van der Waals surface area contributed by atoms with E-state index in [-0.39, 0.29) is 0 Å². The maximum Gasteiger partial charge on any atom is 0.492 e. The zero-order chi connectivity index (χ0) is 10.8. The minimum absolute atomic E-state index is 0.395. The number of nitrogens with two attached hydrogens (primary N) is 1. The lowest BCUT2D eigenvalue weighted by Gasteiger charge is -2.03. The number of hydrogen-bond donors (Lipinski definition) is 3. The van der Waals surface area contributed by atoms with Gasteiger partial charge >= 0.3 is 7.12 Å². The lowest BCUT2D eigenvalue weighted by atomic mass is 9.77. The first-order chi connectivity index (χ1) is 7.20. The monoisotopic (exact) mass is 219 g/mol. The Morgan fingerprint density at radius 1 is 1.13 bits per heavy atom. The van der Waals surface area contributed by atoms with Crippen LogP contribution in [0, 0.1) is 0 Å². The Morgan fingerprint density at radius 3 is 2.40 bits per heavy atom. The summed E-state index contributed by atoms with van der Waals surface area (Å²) in [5, 5.41) is 20.7. The van der Waals surface area contributed by atoms with Crippen molar-refractivity contribution >= 4 is 28.9 Å². The Kier molecular flexibility index (Phi) is 2.77. The molecule has 4 N–H and O–H groups in total. The predicted molar refractivity (Wildman–Crippen MR) is 64.0 cm³/mol. The zero-order valence-electron chi connectivity index (χ0n) is 7.92. The van der Waals surface area contributed by atoms with Crippen LogP contribution in [-0.4, -0.2) is 17.2 Å². The molecule has 0 spiro atoms. The lowest BCUT2D eigenvalue weighted by Crippen LogP contribution is -2.32. The molecule has 1 aromatic carbocycles. The molecule has 15 heavy (non-hydrogen) atoms. The molecule has 0 aliphatic rings. The number of hydrogen-bond acceptors (Lipinski definition) is 4. The summed E-state index contributed by atoms with van der Waals surface area (Å²) in [7, 11) is -1.52. The molecule has 0 saturated carbocycles. The summed E-state index contributed by atoms with van der Waals surface area (Å²) >= 11 is 1.31. The van der Waals surface area contributed by atoms with Gasteiger partial charge in [0.15, 0.2) is 0 Å².